The van der Waals surface area contributed by atoms with E-state index in [1.54, 1.807) is 22.9 Å². The summed E-state index contributed by atoms with van der Waals surface area (Å²) in [6.45, 7) is 4.36. The lowest BCUT2D eigenvalue weighted by Crippen LogP contribution is -2.16. The summed E-state index contributed by atoms with van der Waals surface area (Å²) >= 11 is 15.5. The molecule has 0 atom stereocenters. The average Bonchev–Trinajstić information content (AvgIpc) is 2.68. The van der Waals surface area contributed by atoms with Crippen molar-refractivity contribution in [3.05, 3.63) is 44.1 Å². The standard InChI is InChI=1S/C14H14BrCl2N3O/c1-8-13(15)9(2)20(19-8)7-6-12(21)18-14-10(16)4-3-5-11(14)17/h3-5H,6-7H2,1-2H3,(H,18,21). The highest BCUT2D eigenvalue weighted by atomic mass is 79.9. The number of nitrogens with zero attached hydrogens (tertiary/aromatic N) is 2. The van der Waals surface area contributed by atoms with Crippen LogP contribution in [0.2, 0.25) is 10.0 Å². The quantitative estimate of drug-likeness (QED) is 0.829. The maximum atomic E-state index is 12.0. The molecule has 2 aromatic rings. The van der Waals surface area contributed by atoms with Crippen molar-refractivity contribution < 1.29 is 4.79 Å². The maximum absolute atomic E-state index is 12.0. The Bertz CT molecular complexity index is 665. The van der Waals surface area contributed by atoms with Gasteiger partial charge >= 0.3 is 0 Å². The van der Waals surface area contributed by atoms with E-state index in [1.807, 2.05) is 13.8 Å². The Morgan fingerprint density at radius 1 is 1.33 bits per heavy atom. The average molecular weight is 391 g/mol. The van der Waals surface area contributed by atoms with Crippen LogP contribution in [0.25, 0.3) is 0 Å². The van der Waals surface area contributed by atoms with E-state index in [9.17, 15) is 4.79 Å². The number of hydrogen-bond acceptors (Lipinski definition) is 2. The molecular formula is C14H14BrCl2N3O. The summed E-state index contributed by atoms with van der Waals surface area (Å²) < 4.78 is 2.77. The largest absolute Gasteiger partial charge is 0.323 e. The van der Waals surface area contributed by atoms with Crippen LogP contribution in [0, 0.1) is 13.8 Å². The Hall–Kier alpha value is -1.04. The van der Waals surface area contributed by atoms with Crippen molar-refractivity contribution in [3.63, 3.8) is 0 Å². The van der Waals surface area contributed by atoms with Crippen LogP contribution in [0.4, 0.5) is 5.69 Å². The fraction of sp³-hybridized carbons (Fsp3) is 0.286. The number of nitrogens with one attached hydrogen (secondary N) is 1. The zero-order chi connectivity index (χ0) is 15.6. The minimum absolute atomic E-state index is 0.159. The molecule has 21 heavy (non-hydrogen) atoms. The minimum Gasteiger partial charge on any atom is -0.323 e. The predicted octanol–water partition coefficient (Wildman–Crippen LogP) is 4.60. The highest BCUT2D eigenvalue weighted by Crippen LogP contribution is 2.29. The van der Waals surface area contributed by atoms with Crippen molar-refractivity contribution in [1.29, 1.82) is 0 Å². The third-order valence-electron chi connectivity index (χ3n) is 3.07. The molecule has 112 valence electrons. The van der Waals surface area contributed by atoms with Crippen LogP contribution in [0.3, 0.4) is 0 Å². The van der Waals surface area contributed by atoms with E-state index in [0.717, 1.165) is 15.9 Å². The summed E-state index contributed by atoms with van der Waals surface area (Å²) in [6, 6.07) is 5.09. The lowest BCUT2D eigenvalue weighted by molar-refractivity contribution is -0.116. The number of carbonyl (C=O) groups excluding carboxylic acids is 1. The Labute approximate surface area is 141 Å². The molecule has 0 aliphatic rings. The van der Waals surface area contributed by atoms with Gasteiger partial charge in [0.25, 0.3) is 0 Å². The van der Waals surface area contributed by atoms with Crippen molar-refractivity contribution in [2.45, 2.75) is 26.8 Å². The van der Waals surface area contributed by atoms with Crippen LogP contribution in [0.15, 0.2) is 22.7 Å². The Morgan fingerprint density at radius 2 is 1.95 bits per heavy atom. The van der Waals surface area contributed by atoms with E-state index in [1.165, 1.54) is 0 Å². The van der Waals surface area contributed by atoms with Crippen molar-refractivity contribution in [2.75, 3.05) is 5.32 Å². The van der Waals surface area contributed by atoms with E-state index in [0.29, 0.717) is 22.3 Å². The van der Waals surface area contributed by atoms with Gasteiger partial charge in [0.05, 0.1) is 32.4 Å². The van der Waals surface area contributed by atoms with E-state index in [2.05, 4.69) is 26.3 Å². The molecule has 0 saturated heterocycles. The number of benzene rings is 1. The monoisotopic (exact) mass is 389 g/mol. The van der Waals surface area contributed by atoms with E-state index < -0.39 is 0 Å². The van der Waals surface area contributed by atoms with Gasteiger partial charge in [-0.15, -0.1) is 0 Å². The molecule has 0 aliphatic carbocycles. The Morgan fingerprint density at radius 3 is 2.48 bits per heavy atom. The smallest absolute Gasteiger partial charge is 0.226 e. The van der Waals surface area contributed by atoms with Crippen LogP contribution in [-0.4, -0.2) is 15.7 Å². The predicted molar refractivity (Wildman–Crippen MR) is 89.1 cm³/mol. The zero-order valence-electron chi connectivity index (χ0n) is 11.6. The number of para-hydroxylation sites is 1. The van der Waals surface area contributed by atoms with Gasteiger partial charge in [-0.3, -0.25) is 9.48 Å². The number of aryl methyl sites for hydroxylation is 2. The lowest BCUT2D eigenvalue weighted by atomic mass is 10.3. The second-order valence-electron chi connectivity index (χ2n) is 4.60. The summed E-state index contributed by atoms with van der Waals surface area (Å²) in [4.78, 5) is 12.0. The molecule has 1 aromatic heterocycles. The zero-order valence-corrected chi connectivity index (χ0v) is 14.7. The molecule has 2 rings (SSSR count). The summed E-state index contributed by atoms with van der Waals surface area (Å²) in [5.74, 6) is -0.159. The first kappa shape index (κ1) is 16.3. The van der Waals surface area contributed by atoms with Crippen LogP contribution < -0.4 is 5.32 Å². The third-order valence-corrected chi connectivity index (χ3v) is 4.85. The molecule has 0 bridgehead atoms. The van der Waals surface area contributed by atoms with E-state index in [-0.39, 0.29) is 12.3 Å². The molecule has 0 radical (unpaired) electrons. The van der Waals surface area contributed by atoms with Gasteiger partial charge in [0, 0.05) is 12.1 Å². The first-order chi connectivity index (χ1) is 9.90. The minimum atomic E-state index is -0.159. The normalized spacial score (nSPS) is 10.7. The molecule has 1 amide bonds. The molecule has 1 aromatic carbocycles. The summed E-state index contributed by atoms with van der Waals surface area (Å²) in [5, 5.41) is 7.94. The molecule has 7 heteroatoms. The maximum Gasteiger partial charge on any atom is 0.226 e. The van der Waals surface area contributed by atoms with Crippen molar-refractivity contribution in [3.8, 4) is 0 Å². The van der Waals surface area contributed by atoms with Crippen LogP contribution in [-0.2, 0) is 11.3 Å². The van der Waals surface area contributed by atoms with Gasteiger partial charge in [0.15, 0.2) is 0 Å². The van der Waals surface area contributed by atoms with Gasteiger partial charge in [0.1, 0.15) is 0 Å². The Kier molecular flexibility index (Phi) is 5.30. The highest BCUT2D eigenvalue weighted by Gasteiger charge is 2.12. The van der Waals surface area contributed by atoms with Crippen LogP contribution in [0.5, 0.6) is 0 Å². The number of hydrogen-bond donors (Lipinski definition) is 1. The van der Waals surface area contributed by atoms with Gasteiger partial charge in [0.2, 0.25) is 5.91 Å². The first-order valence-electron chi connectivity index (χ1n) is 6.33. The summed E-state index contributed by atoms with van der Waals surface area (Å²) in [5.41, 5.74) is 2.35. The fourth-order valence-electron chi connectivity index (χ4n) is 1.92. The van der Waals surface area contributed by atoms with Gasteiger partial charge < -0.3 is 5.32 Å². The fourth-order valence-corrected chi connectivity index (χ4v) is 2.70. The van der Waals surface area contributed by atoms with Gasteiger partial charge in [-0.2, -0.15) is 5.10 Å². The van der Waals surface area contributed by atoms with Crippen molar-refractivity contribution >= 4 is 50.7 Å². The number of rotatable bonds is 4. The molecule has 0 aliphatic heterocycles. The molecular weight excluding hydrogens is 377 g/mol. The van der Waals surface area contributed by atoms with Crippen molar-refractivity contribution in [1.82, 2.24) is 9.78 Å². The number of amides is 1. The Balaban J connectivity index is 2.01. The van der Waals surface area contributed by atoms with Crippen LogP contribution >= 0.6 is 39.1 Å². The van der Waals surface area contributed by atoms with Gasteiger partial charge in [-0.1, -0.05) is 29.3 Å². The molecule has 1 heterocycles. The van der Waals surface area contributed by atoms with E-state index >= 15 is 0 Å². The van der Waals surface area contributed by atoms with E-state index in [4.69, 9.17) is 23.2 Å². The molecule has 0 saturated carbocycles. The molecule has 0 fully saturated rings. The number of carbonyl (C=O) groups is 1. The molecule has 4 nitrogen and oxygen atoms in total. The topological polar surface area (TPSA) is 46.9 Å². The van der Waals surface area contributed by atoms with Crippen molar-refractivity contribution in [2.24, 2.45) is 0 Å². The highest BCUT2D eigenvalue weighted by molar-refractivity contribution is 9.10. The van der Waals surface area contributed by atoms with Crippen LogP contribution in [0.1, 0.15) is 17.8 Å². The van der Waals surface area contributed by atoms with Gasteiger partial charge in [-0.05, 0) is 41.9 Å². The summed E-state index contributed by atoms with van der Waals surface area (Å²) in [6.07, 6.45) is 0.288. The number of halogens is 3. The SMILES string of the molecule is Cc1nn(CCC(=O)Nc2c(Cl)cccc2Cl)c(C)c1Br. The first-order valence-corrected chi connectivity index (χ1v) is 7.88. The molecule has 1 N–H and O–H groups in total. The van der Waals surface area contributed by atoms with Gasteiger partial charge in [-0.25, -0.2) is 0 Å². The second kappa shape index (κ2) is 6.81. The third kappa shape index (κ3) is 3.78. The number of aromatic nitrogens is 2. The molecule has 0 spiro atoms. The summed E-state index contributed by atoms with van der Waals surface area (Å²) in [7, 11) is 0. The second-order valence-corrected chi connectivity index (χ2v) is 6.21. The number of anilines is 1. The molecule has 0 unspecified atom stereocenters. The lowest BCUT2D eigenvalue weighted by Gasteiger charge is -2.09.